The molecule has 0 unspecified atom stereocenters. The van der Waals surface area contributed by atoms with Gasteiger partial charge in [-0.2, -0.15) is 0 Å². The van der Waals surface area contributed by atoms with Crippen molar-refractivity contribution in [2.24, 2.45) is 0 Å². The zero-order chi connectivity index (χ0) is 20.9. The van der Waals surface area contributed by atoms with Crippen molar-refractivity contribution in [1.82, 2.24) is 19.7 Å². The average molecular weight is 413 g/mol. The molecule has 156 valence electrons. The molecule has 4 aromatic rings. The molecule has 7 nitrogen and oxygen atoms in total. The van der Waals surface area contributed by atoms with Gasteiger partial charge < -0.3 is 14.4 Å². The predicted molar refractivity (Wildman–Crippen MR) is 117 cm³/mol. The fraction of sp³-hybridized carbons (Fsp3) is 0.333. The SMILES string of the molecule is Cc1noc2nc(C3CC3)cc(C(=O)Nc3ccc(-c4ncc5n4CCCC5)cc3)c12. The number of imidazole rings is 1. The molecule has 1 saturated carbocycles. The summed E-state index contributed by atoms with van der Waals surface area (Å²) in [6.45, 7) is 2.85. The summed E-state index contributed by atoms with van der Waals surface area (Å²) in [7, 11) is 0. The second kappa shape index (κ2) is 7.04. The van der Waals surface area contributed by atoms with E-state index in [1.54, 1.807) is 0 Å². The minimum Gasteiger partial charge on any atom is -0.336 e. The quantitative estimate of drug-likeness (QED) is 0.516. The molecule has 7 heteroatoms. The zero-order valence-corrected chi connectivity index (χ0v) is 17.4. The van der Waals surface area contributed by atoms with Crippen LogP contribution in [0.25, 0.3) is 22.5 Å². The Kier molecular flexibility index (Phi) is 4.16. The first-order valence-electron chi connectivity index (χ1n) is 10.9. The molecule has 0 saturated heterocycles. The number of amides is 1. The summed E-state index contributed by atoms with van der Waals surface area (Å²) in [6, 6.07) is 9.78. The highest BCUT2D eigenvalue weighted by Crippen LogP contribution is 2.40. The highest BCUT2D eigenvalue weighted by atomic mass is 16.5. The maximum Gasteiger partial charge on any atom is 0.259 e. The lowest BCUT2D eigenvalue weighted by Gasteiger charge is -2.16. The topological polar surface area (TPSA) is 85.8 Å². The maximum atomic E-state index is 13.2. The van der Waals surface area contributed by atoms with E-state index in [4.69, 9.17) is 4.52 Å². The van der Waals surface area contributed by atoms with Gasteiger partial charge in [-0.25, -0.2) is 9.97 Å². The maximum absolute atomic E-state index is 13.2. The van der Waals surface area contributed by atoms with Crippen LogP contribution in [0.1, 0.15) is 59.0 Å². The van der Waals surface area contributed by atoms with Crippen LogP contribution in [0, 0.1) is 6.92 Å². The Morgan fingerprint density at radius 1 is 1.19 bits per heavy atom. The third-order valence-electron chi connectivity index (χ3n) is 6.28. The van der Waals surface area contributed by atoms with Crippen molar-refractivity contribution in [3.05, 3.63) is 59.2 Å². The fourth-order valence-electron chi connectivity index (χ4n) is 4.45. The molecule has 0 bridgehead atoms. The fourth-order valence-corrected chi connectivity index (χ4v) is 4.45. The molecule has 0 radical (unpaired) electrons. The number of carbonyl (C=O) groups is 1. The van der Waals surface area contributed by atoms with E-state index in [0.29, 0.717) is 28.3 Å². The van der Waals surface area contributed by atoms with Gasteiger partial charge in [0.15, 0.2) is 0 Å². The number of anilines is 1. The van der Waals surface area contributed by atoms with Crippen molar-refractivity contribution >= 4 is 22.7 Å². The van der Waals surface area contributed by atoms with Gasteiger partial charge in [0.2, 0.25) is 0 Å². The van der Waals surface area contributed by atoms with Gasteiger partial charge in [-0.3, -0.25) is 4.79 Å². The summed E-state index contributed by atoms with van der Waals surface area (Å²) >= 11 is 0. The summed E-state index contributed by atoms with van der Waals surface area (Å²) in [4.78, 5) is 22.3. The van der Waals surface area contributed by atoms with Crippen molar-refractivity contribution in [2.75, 3.05) is 5.32 Å². The summed E-state index contributed by atoms with van der Waals surface area (Å²) in [5.74, 6) is 1.24. The van der Waals surface area contributed by atoms with E-state index in [1.165, 1.54) is 18.5 Å². The molecule has 4 heterocycles. The number of nitrogens with one attached hydrogen (secondary N) is 1. The average Bonchev–Trinajstić information content (AvgIpc) is 3.46. The number of rotatable bonds is 4. The van der Waals surface area contributed by atoms with Gasteiger partial charge in [-0.05, 0) is 69.4 Å². The van der Waals surface area contributed by atoms with Crippen molar-refractivity contribution in [3.8, 4) is 11.4 Å². The first-order valence-corrected chi connectivity index (χ1v) is 10.9. The number of carbonyl (C=O) groups excluding carboxylic acids is 1. The molecule has 1 aliphatic carbocycles. The van der Waals surface area contributed by atoms with Gasteiger partial charge >= 0.3 is 0 Å². The predicted octanol–water partition coefficient (Wildman–Crippen LogP) is 4.86. The van der Waals surface area contributed by atoms with Crippen LogP contribution in [0.5, 0.6) is 0 Å². The Morgan fingerprint density at radius 2 is 2.03 bits per heavy atom. The molecule has 1 amide bonds. The Labute approximate surface area is 179 Å². The van der Waals surface area contributed by atoms with Crippen LogP contribution in [0.4, 0.5) is 5.69 Å². The number of fused-ring (bicyclic) bond motifs is 2. The number of pyridine rings is 1. The van der Waals surface area contributed by atoms with Crippen LogP contribution in [-0.2, 0) is 13.0 Å². The summed E-state index contributed by atoms with van der Waals surface area (Å²) in [6.07, 6.45) is 7.70. The standard InChI is InChI=1S/C24H23N5O2/c1-14-21-19(12-20(15-5-6-15)27-24(21)31-28-14)23(30)26-17-9-7-16(8-10-17)22-25-13-18-4-2-3-11-29(18)22/h7-10,12-13,15H,2-6,11H2,1H3,(H,26,30). The second-order valence-electron chi connectivity index (χ2n) is 8.53. The van der Waals surface area contributed by atoms with Crippen molar-refractivity contribution in [2.45, 2.75) is 51.5 Å². The van der Waals surface area contributed by atoms with E-state index in [9.17, 15) is 4.79 Å². The lowest BCUT2D eigenvalue weighted by molar-refractivity contribution is 0.102. The first kappa shape index (κ1) is 18.3. The Bertz CT molecular complexity index is 1300. The highest BCUT2D eigenvalue weighted by molar-refractivity contribution is 6.12. The third-order valence-corrected chi connectivity index (χ3v) is 6.28. The second-order valence-corrected chi connectivity index (χ2v) is 8.53. The van der Waals surface area contributed by atoms with Gasteiger partial charge in [0.25, 0.3) is 11.6 Å². The Hall–Kier alpha value is -3.48. The van der Waals surface area contributed by atoms with Gasteiger partial charge in [0, 0.05) is 41.3 Å². The largest absolute Gasteiger partial charge is 0.336 e. The highest BCUT2D eigenvalue weighted by Gasteiger charge is 2.28. The Balaban J connectivity index is 1.28. The molecular weight excluding hydrogens is 390 g/mol. The minimum atomic E-state index is -0.174. The molecule has 1 aliphatic heterocycles. The van der Waals surface area contributed by atoms with E-state index in [0.717, 1.165) is 48.6 Å². The van der Waals surface area contributed by atoms with Crippen LogP contribution < -0.4 is 5.32 Å². The summed E-state index contributed by atoms with van der Waals surface area (Å²) in [5.41, 5.74) is 5.69. The van der Waals surface area contributed by atoms with E-state index in [1.807, 2.05) is 43.5 Å². The van der Waals surface area contributed by atoms with Crippen LogP contribution in [0.2, 0.25) is 0 Å². The summed E-state index contributed by atoms with van der Waals surface area (Å²) in [5, 5.41) is 7.72. The lowest BCUT2D eigenvalue weighted by atomic mass is 10.1. The van der Waals surface area contributed by atoms with Gasteiger partial charge in [-0.1, -0.05) is 5.16 Å². The van der Waals surface area contributed by atoms with Crippen LogP contribution in [0.3, 0.4) is 0 Å². The molecule has 0 atom stereocenters. The zero-order valence-electron chi connectivity index (χ0n) is 17.4. The molecule has 1 N–H and O–H groups in total. The summed E-state index contributed by atoms with van der Waals surface area (Å²) < 4.78 is 7.66. The van der Waals surface area contributed by atoms with E-state index < -0.39 is 0 Å². The van der Waals surface area contributed by atoms with Crippen molar-refractivity contribution in [3.63, 3.8) is 0 Å². The van der Waals surface area contributed by atoms with E-state index in [-0.39, 0.29) is 5.91 Å². The van der Waals surface area contributed by atoms with E-state index in [2.05, 4.69) is 25.0 Å². The van der Waals surface area contributed by atoms with E-state index >= 15 is 0 Å². The molecular formula is C24H23N5O2. The van der Waals surface area contributed by atoms with Crippen molar-refractivity contribution < 1.29 is 9.32 Å². The third kappa shape index (κ3) is 3.21. The number of aromatic nitrogens is 4. The first-order chi connectivity index (χ1) is 15.2. The molecule has 1 aromatic carbocycles. The molecule has 2 aliphatic rings. The normalized spacial score (nSPS) is 15.8. The monoisotopic (exact) mass is 413 g/mol. The number of aryl methyl sites for hydroxylation is 2. The molecule has 6 rings (SSSR count). The van der Waals surface area contributed by atoms with Crippen LogP contribution >= 0.6 is 0 Å². The lowest BCUT2D eigenvalue weighted by Crippen LogP contribution is -2.13. The van der Waals surface area contributed by atoms with Gasteiger partial charge in [0.05, 0.1) is 16.6 Å². The van der Waals surface area contributed by atoms with Gasteiger partial charge in [-0.15, -0.1) is 0 Å². The van der Waals surface area contributed by atoms with Gasteiger partial charge in [0.1, 0.15) is 5.82 Å². The Morgan fingerprint density at radius 3 is 2.84 bits per heavy atom. The number of benzene rings is 1. The van der Waals surface area contributed by atoms with Crippen molar-refractivity contribution in [1.29, 1.82) is 0 Å². The number of hydrogen-bond acceptors (Lipinski definition) is 5. The smallest absolute Gasteiger partial charge is 0.259 e. The van der Waals surface area contributed by atoms with Crippen LogP contribution in [0.15, 0.2) is 41.1 Å². The molecule has 31 heavy (non-hydrogen) atoms. The molecule has 0 spiro atoms. The molecule has 3 aromatic heterocycles. The molecule has 1 fully saturated rings. The van der Waals surface area contributed by atoms with Crippen LogP contribution in [-0.4, -0.2) is 25.6 Å². The minimum absolute atomic E-state index is 0.174. The number of hydrogen-bond donors (Lipinski definition) is 1. The number of nitrogens with zero attached hydrogens (tertiary/aromatic N) is 4.